The largest absolute Gasteiger partial charge is 0.496 e. The summed E-state index contributed by atoms with van der Waals surface area (Å²) in [6.45, 7) is 3.75. The van der Waals surface area contributed by atoms with Crippen LogP contribution in [0.15, 0.2) is 63.8 Å². The van der Waals surface area contributed by atoms with Crippen molar-refractivity contribution in [1.29, 1.82) is 0 Å². The third kappa shape index (κ3) is 4.69. The molecule has 0 bridgehead atoms. The molecule has 0 unspecified atom stereocenters. The zero-order valence-electron chi connectivity index (χ0n) is 16.5. The first-order valence-electron chi connectivity index (χ1n) is 9.60. The normalized spacial score (nSPS) is 11.1. The molecule has 4 rings (SSSR count). The fraction of sp³-hybridized carbons (Fsp3) is 0.208. The van der Waals surface area contributed by atoms with Crippen LogP contribution < -0.4 is 10.1 Å². The molecule has 0 saturated heterocycles. The van der Waals surface area contributed by atoms with Crippen LogP contribution >= 0.6 is 27.3 Å². The third-order valence-corrected chi connectivity index (χ3v) is 6.24. The van der Waals surface area contributed by atoms with Crippen molar-refractivity contribution in [2.75, 3.05) is 13.7 Å². The monoisotopic (exact) mass is 466 g/mol. The number of benzene rings is 2. The molecule has 0 aliphatic carbocycles. The van der Waals surface area contributed by atoms with Gasteiger partial charge in [-0.2, -0.15) is 11.3 Å². The van der Waals surface area contributed by atoms with Crippen LogP contribution in [-0.4, -0.2) is 18.6 Å². The first-order chi connectivity index (χ1) is 14.1. The zero-order chi connectivity index (χ0) is 20.2. The summed E-state index contributed by atoms with van der Waals surface area (Å²) >= 11 is 5.19. The Kier molecular flexibility index (Phi) is 6.28. The van der Waals surface area contributed by atoms with E-state index in [1.54, 1.807) is 18.4 Å². The second kappa shape index (κ2) is 9.08. The summed E-state index contributed by atoms with van der Waals surface area (Å²) in [7, 11) is 1.71. The van der Waals surface area contributed by atoms with E-state index in [9.17, 15) is 0 Å². The van der Waals surface area contributed by atoms with E-state index in [4.69, 9.17) is 9.72 Å². The minimum atomic E-state index is 0.779. The number of fused-ring (bicyclic) bond motifs is 1. The Hall–Kier alpha value is -2.21. The molecule has 4 aromatic rings. The van der Waals surface area contributed by atoms with Crippen molar-refractivity contribution >= 4 is 38.2 Å². The summed E-state index contributed by atoms with van der Waals surface area (Å²) in [5, 5.41) is 8.96. The van der Waals surface area contributed by atoms with E-state index >= 15 is 0 Å². The molecule has 0 radical (unpaired) electrons. The molecule has 5 heteroatoms. The van der Waals surface area contributed by atoms with Gasteiger partial charge in [-0.15, -0.1) is 0 Å². The van der Waals surface area contributed by atoms with Gasteiger partial charge in [0.25, 0.3) is 0 Å². The van der Waals surface area contributed by atoms with Crippen LogP contribution in [0, 0.1) is 6.92 Å². The molecule has 2 heterocycles. The Balaban J connectivity index is 1.58. The van der Waals surface area contributed by atoms with Gasteiger partial charge in [-0.25, -0.2) is 4.98 Å². The highest BCUT2D eigenvalue weighted by molar-refractivity contribution is 9.10. The van der Waals surface area contributed by atoms with Crippen LogP contribution in [0.3, 0.4) is 0 Å². The van der Waals surface area contributed by atoms with Crippen molar-refractivity contribution in [1.82, 2.24) is 10.3 Å². The molecular weight excluding hydrogens is 444 g/mol. The van der Waals surface area contributed by atoms with E-state index in [0.717, 1.165) is 51.9 Å². The second-order valence-electron chi connectivity index (χ2n) is 7.08. The van der Waals surface area contributed by atoms with Crippen molar-refractivity contribution in [3.8, 4) is 17.0 Å². The maximum atomic E-state index is 5.51. The van der Waals surface area contributed by atoms with Crippen LogP contribution in [0.1, 0.15) is 16.7 Å². The fourth-order valence-corrected chi connectivity index (χ4v) is 4.36. The summed E-state index contributed by atoms with van der Waals surface area (Å²) in [4.78, 5) is 5.01. The third-order valence-electron chi connectivity index (χ3n) is 5.02. The van der Waals surface area contributed by atoms with Crippen LogP contribution in [0.4, 0.5) is 0 Å². The van der Waals surface area contributed by atoms with Gasteiger partial charge in [0.05, 0.1) is 18.3 Å². The van der Waals surface area contributed by atoms with Gasteiger partial charge < -0.3 is 10.1 Å². The number of hydrogen-bond donors (Lipinski definition) is 1. The number of nitrogens with one attached hydrogen (secondary N) is 1. The number of pyridine rings is 1. The Morgan fingerprint density at radius 2 is 1.93 bits per heavy atom. The molecule has 0 atom stereocenters. The molecule has 2 aromatic carbocycles. The van der Waals surface area contributed by atoms with Gasteiger partial charge in [0.2, 0.25) is 0 Å². The van der Waals surface area contributed by atoms with Gasteiger partial charge in [0, 0.05) is 27.3 Å². The van der Waals surface area contributed by atoms with E-state index in [-0.39, 0.29) is 0 Å². The van der Waals surface area contributed by atoms with E-state index in [2.05, 4.69) is 87.5 Å². The lowest BCUT2D eigenvalue weighted by atomic mass is 10.0. The highest BCUT2D eigenvalue weighted by atomic mass is 79.9. The Morgan fingerprint density at radius 3 is 2.66 bits per heavy atom. The Morgan fingerprint density at radius 1 is 1.10 bits per heavy atom. The lowest BCUT2D eigenvalue weighted by molar-refractivity contribution is 0.412. The topological polar surface area (TPSA) is 34.1 Å². The summed E-state index contributed by atoms with van der Waals surface area (Å²) < 4.78 is 6.62. The van der Waals surface area contributed by atoms with Gasteiger partial charge in [-0.1, -0.05) is 28.1 Å². The first kappa shape index (κ1) is 20.1. The second-order valence-corrected chi connectivity index (χ2v) is 8.77. The molecule has 0 amide bonds. The molecular formula is C24H23BrN2OS. The molecule has 148 valence electrons. The average Bonchev–Trinajstić information content (AvgIpc) is 3.26. The SMILES string of the molecule is COc1cc2cc(CNCCc3ccc(Br)cc3)c(-c3ccsc3)nc2cc1C. The van der Waals surface area contributed by atoms with Crippen LogP contribution in [0.5, 0.6) is 5.75 Å². The van der Waals surface area contributed by atoms with E-state index in [1.807, 2.05) is 0 Å². The molecule has 3 nitrogen and oxygen atoms in total. The van der Waals surface area contributed by atoms with E-state index in [0.29, 0.717) is 0 Å². The first-order valence-corrected chi connectivity index (χ1v) is 11.3. The number of rotatable bonds is 7. The van der Waals surface area contributed by atoms with Crippen LogP contribution in [0.2, 0.25) is 0 Å². The molecule has 1 N–H and O–H groups in total. The minimum Gasteiger partial charge on any atom is -0.496 e. The summed E-state index contributed by atoms with van der Waals surface area (Å²) in [5.41, 5.74) is 6.87. The summed E-state index contributed by atoms with van der Waals surface area (Å²) in [5.74, 6) is 0.900. The standard InChI is InChI=1S/C24H23BrN2OS/c1-16-11-22-19(13-23(16)28-2)12-20(24(27-22)18-8-10-29-15-18)14-26-9-7-17-3-5-21(25)6-4-17/h3-6,8,10-13,15,26H,7,9,14H2,1-2H3. The molecule has 0 aliphatic heterocycles. The van der Waals surface area contributed by atoms with Crippen molar-refractivity contribution < 1.29 is 4.74 Å². The lowest BCUT2D eigenvalue weighted by Crippen LogP contribution is -2.17. The summed E-state index contributed by atoms with van der Waals surface area (Å²) in [6, 6.07) is 17.1. The predicted molar refractivity (Wildman–Crippen MR) is 126 cm³/mol. The number of aryl methyl sites for hydroxylation is 1. The number of thiophene rings is 1. The van der Waals surface area contributed by atoms with Crippen molar-refractivity contribution in [2.45, 2.75) is 19.9 Å². The lowest BCUT2D eigenvalue weighted by Gasteiger charge is -2.13. The number of methoxy groups -OCH3 is 1. The molecule has 0 fully saturated rings. The van der Waals surface area contributed by atoms with Gasteiger partial charge in [-0.3, -0.25) is 0 Å². The van der Waals surface area contributed by atoms with Crippen molar-refractivity contribution in [2.24, 2.45) is 0 Å². The van der Waals surface area contributed by atoms with Gasteiger partial charge in [0.15, 0.2) is 0 Å². The Labute approximate surface area is 183 Å². The number of ether oxygens (including phenoxy) is 1. The number of hydrogen-bond acceptors (Lipinski definition) is 4. The highest BCUT2D eigenvalue weighted by Gasteiger charge is 2.12. The van der Waals surface area contributed by atoms with Crippen LogP contribution in [0.25, 0.3) is 22.2 Å². The smallest absolute Gasteiger partial charge is 0.122 e. The maximum Gasteiger partial charge on any atom is 0.122 e. The average molecular weight is 467 g/mol. The maximum absolute atomic E-state index is 5.51. The predicted octanol–water partition coefficient (Wildman–Crippen LogP) is 6.38. The molecule has 2 aromatic heterocycles. The number of halogens is 1. The molecule has 29 heavy (non-hydrogen) atoms. The van der Waals surface area contributed by atoms with Crippen LogP contribution in [-0.2, 0) is 13.0 Å². The Bertz CT molecular complexity index is 1110. The van der Waals surface area contributed by atoms with Gasteiger partial charge >= 0.3 is 0 Å². The van der Waals surface area contributed by atoms with Gasteiger partial charge in [0.1, 0.15) is 5.75 Å². The molecule has 0 aliphatic rings. The molecule has 0 spiro atoms. The highest BCUT2D eigenvalue weighted by Crippen LogP contribution is 2.30. The minimum absolute atomic E-state index is 0.779. The van der Waals surface area contributed by atoms with Crippen molar-refractivity contribution in [3.05, 3.63) is 80.5 Å². The number of nitrogens with zero attached hydrogens (tertiary/aromatic N) is 1. The summed E-state index contributed by atoms with van der Waals surface area (Å²) in [6.07, 6.45) is 0.995. The fourth-order valence-electron chi connectivity index (χ4n) is 3.46. The van der Waals surface area contributed by atoms with Crippen molar-refractivity contribution in [3.63, 3.8) is 0 Å². The molecule has 0 saturated carbocycles. The zero-order valence-corrected chi connectivity index (χ0v) is 18.9. The van der Waals surface area contributed by atoms with E-state index in [1.165, 1.54) is 16.7 Å². The number of aromatic nitrogens is 1. The van der Waals surface area contributed by atoms with Gasteiger partial charge in [-0.05, 0) is 78.4 Å². The quantitative estimate of drug-likeness (QED) is 0.321. The van der Waals surface area contributed by atoms with E-state index < -0.39 is 0 Å².